The van der Waals surface area contributed by atoms with Crippen molar-refractivity contribution < 1.29 is 9.53 Å². The molecule has 126 valence electrons. The summed E-state index contributed by atoms with van der Waals surface area (Å²) in [6.07, 6.45) is 4.54. The minimum Gasteiger partial charge on any atom is -0.377 e. The van der Waals surface area contributed by atoms with E-state index in [0.29, 0.717) is 5.92 Å². The van der Waals surface area contributed by atoms with Crippen molar-refractivity contribution in [3.8, 4) is 0 Å². The number of aromatic nitrogens is 1. The van der Waals surface area contributed by atoms with Crippen molar-refractivity contribution in [3.63, 3.8) is 0 Å². The molecule has 2 aromatic rings. The first-order valence-electron chi connectivity index (χ1n) is 8.35. The SMILES string of the molecule is O=C(Nc1cccnc1)[C@H]1CN(Cc2ccsc2)C[C@H]2OCC[C@@H]12. The van der Waals surface area contributed by atoms with Crippen LogP contribution in [0, 0.1) is 11.8 Å². The van der Waals surface area contributed by atoms with Crippen LogP contribution < -0.4 is 5.32 Å². The van der Waals surface area contributed by atoms with E-state index in [1.165, 1.54) is 5.56 Å². The third kappa shape index (κ3) is 3.36. The van der Waals surface area contributed by atoms with Crippen LogP contribution in [0.5, 0.6) is 0 Å². The minimum absolute atomic E-state index is 0.0370. The molecule has 2 aromatic heterocycles. The number of hydrogen-bond donors (Lipinski definition) is 1. The highest BCUT2D eigenvalue weighted by Gasteiger charge is 2.43. The van der Waals surface area contributed by atoms with Crippen molar-refractivity contribution in [1.82, 2.24) is 9.88 Å². The first kappa shape index (κ1) is 15.7. The molecule has 6 heteroatoms. The summed E-state index contributed by atoms with van der Waals surface area (Å²) < 4.78 is 5.91. The van der Waals surface area contributed by atoms with Crippen LogP contribution in [0.1, 0.15) is 12.0 Å². The van der Waals surface area contributed by atoms with Crippen LogP contribution in [-0.2, 0) is 16.1 Å². The van der Waals surface area contributed by atoms with Gasteiger partial charge in [0.05, 0.1) is 23.9 Å². The van der Waals surface area contributed by atoms with Crippen molar-refractivity contribution in [2.45, 2.75) is 19.1 Å². The van der Waals surface area contributed by atoms with Gasteiger partial charge in [0.1, 0.15) is 0 Å². The van der Waals surface area contributed by atoms with Crippen molar-refractivity contribution in [1.29, 1.82) is 0 Å². The second-order valence-electron chi connectivity index (χ2n) is 6.52. The number of piperidine rings is 1. The van der Waals surface area contributed by atoms with Crippen LogP contribution in [-0.4, -0.2) is 41.6 Å². The van der Waals surface area contributed by atoms with E-state index in [1.807, 2.05) is 12.1 Å². The minimum atomic E-state index is -0.0370. The number of hydrogen-bond acceptors (Lipinski definition) is 5. The predicted molar refractivity (Wildman–Crippen MR) is 93.8 cm³/mol. The molecule has 2 fully saturated rings. The van der Waals surface area contributed by atoms with Gasteiger partial charge in [0.2, 0.25) is 5.91 Å². The van der Waals surface area contributed by atoms with Crippen LogP contribution in [0.3, 0.4) is 0 Å². The molecule has 3 atom stereocenters. The van der Waals surface area contributed by atoms with Gasteiger partial charge >= 0.3 is 0 Å². The molecule has 2 aliphatic heterocycles. The van der Waals surface area contributed by atoms with E-state index in [0.717, 1.165) is 38.3 Å². The molecule has 0 saturated carbocycles. The van der Waals surface area contributed by atoms with E-state index < -0.39 is 0 Å². The van der Waals surface area contributed by atoms with E-state index in [-0.39, 0.29) is 17.9 Å². The highest BCUT2D eigenvalue weighted by Crippen LogP contribution is 2.35. The van der Waals surface area contributed by atoms with Crippen LogP contribution in [0.2, 0.25) is 0 Å². The van der Waals surface area contributed by atoms with Gasteiger partial charge in [-0.3, -0.25) is 14.7 Å². The molecule has 0 radical (unpaired) electrons. The Hall–Kier alpha value is -1.76. The lowest BCUT2D eigenvalue weighted by Gasteiger charge is -2.39. The van der Waals surface area contributed by atoms with E-state index >= 15 is 0 Å². The Bertz CT molecular complexity index is 677. The molecule has 1 N–H and O–H groups in total. The van der Waals surface area contributed by atoms with Gasteiger partial charge in [0, 0.05) is 38.4 Å². The first-order chi connectivity index (χ1) is 11.8. The number of rotatable bonds is 4. The zero-order valence-electron chi connectivity index (χ0n) is 13.4. The maximum absolute atomic E-state index is 12.8. The number of ether oxygens (including phenoxy) is 1. The first-order valence-corrected chi connectivity index (χ1v) is 9.30. The summed E-state index contributed by atoms with van der Waals surface area (Å²) in [5, 5.41) is 7.29. The van der Waals surface area contributed by atoms with Gasteiger partial charge in [0.25, 0.3) is 0 Å². The Morgan fingerprint density at radius 1 is 1.42 bits per heavy atom. The fourth-order valence-electron chi connectivity index (χ4n) is 3.77. The second-order valence-corrected chi connectivity index (χ2v) is 7.30. The highest BCUT2D eigenvalue weighted by molar-refractivity contribution is 7.07. The lowest BCUT2D eigenvalue weighted by Crippen LogP contribution is -2.51. The van der Waals surface area contributed by atoms with Gasteiger partial charge in [-0.15, -0.1) is 0 Å². The third-order valence-electron chi connectivity index (χ3n) is 4.92. The van der Waals surface area contributed by atoms with Gasteiger partial charge in [-0.1, -0.05) is 0 Å². The number of pyridine rings is 1. The van der Waals surface area contributed by atoms with Crippen molar-refractivity contribution in [2.24, 2.45) is 11.8 Å². The largest absolute Gasteiger partial charge is 0.377 e. The summed E-state index contributed by atoms with van der Waals surface area (Å²) in [5.41, 5.74) is 2.07. The lowest BCUT2D eigenvalue weighted by molar-refractivity contribution is -0.125. The predicted octanol–water partition coefficient (Wildman–Crippen LogP) is 2.62. The number of likely N-dealkylation sites (tertiary alicyclic amines) is 1. The molecule has 0 aliphatic carbocycles. The van der Waals surface area contributed by atoms with Crippen LogP contribution in [0.15, 0.2) is 41.4 Å². The van der Waals surface area contributed by atoms with Crippen LogP contribution in [0.4, 0.5) is 5.69 Å². The molecular formula is C18H21N3O2S. The molecule has 4 heterocycles. The Morgan fingerprint density at radius 2 is 2.38 bits per heavy atom. The maximum Gasteiger partial charge on any atom is 0.229 e. The van der Waals surface area contributed by atoms with Gasteiger partial charge in [-0.25, -0.2) is 0 Å². The monoisotopic (exact) mass is 343 g/mol. The van der Waals surface area contributed by atoms with Gasteiger partial charge < -0.3 is 10.1 Å². The smallest absolute Gasteiger partial charge is 0.229 e. The quantitative estimate of drug-likeness (QED) is 0.927. The number of carbonyl (C=O) groups is 1. The standard InChI is InChI=1S/C18H21N3O2S/c22-18(20-14-2-1-5-19-8-14)16-10-21(9-13-4-7-24-12-13)11-17-15(16)3-6-23-17/h1-2,4-5,7-8,12,15-17H,3,6,9-11H2,(H,20,22)/t15-,16-,17+/m0/s1. The summed E-state index contributed by atoms with van der Waals surface area (Å²) >= 11 is 1.71. The second kappa shape index (κ2) is 7.01. The van der Waals surface area contributed by atoms with Crippen molar-refractivity contribution in [3.05, 3.63) is 46.9 Å². The number of thiophene rings is 1. The Kier molecular flexibility index (Phi) is 4.60. The average Bonchev–Trinajstić information content (AvgIpc) is 3.26. The number of anilines is 1. The number of fused-ring (bicyclic) bond motifs is 1. The van der Waals surface area contributed by atoms with Gasteiger partial charge in [-0.2, -0.15) is 11.3 Å². The zero-order chi connectivity index (χ0) is 16.4. The van der Waals surface area contributed by atoms with Crippen LogP contribution >= 0.6 is 11.3 Å². The lowest BCUT2D eigenvalue weighted by atomic mass is 9.82. The molecule has 0 unspecified atom stereocenters. The molecule has 4 rings (SSSR count). The molecule has 24 heavy (non-hydrogen) atoms. The number of amides is 1. The Labute approximate surface area is 145 Å². The molecule has 5 nitrogen and oxygen atoms in total. The van der Waals surface area contributed by atoms with Crippen molar-refractivity contribution >= 4 is 22.9 Å². The molecule has 0 spiro atoms. The Balaban J connectivity index is 1.48. The highest BCUT2D eigenvalue weighted by atomic mass is 32.1. The normalized spacial score (nSPS) is 26.9. The molecule has 0 bridgehead atoms. The number of nitrogens with zero attached hydrogens (tertiary/aromatic N) is 2. The van der Waals surface area contributed by atoms with Gasteiger partial charge in [0.15, 0.2) is 0 Å². The third-order valence-corrected chi connectivity index (χ3v) is 5.65. The molecule has 1 amide bonds. The van der Waals surface area contributed by atoms with E-state index in [2.05, 4.69) is 32.0 Å². The van der Waals surface area contributed by atoms with E-state index in [9.17, 15) is 4.79 Å². The molecule has 0 aromatic carbocycles. The Morgan fingerprint density at radius 3 is 3.17 bits per heavy atom. The van der Waals surface area contributed by atoms with E-state index in [4.69, 9.17) is 4.74 Å². The summed E-state index contributed by atoms with van der Waals surface area (Å²) in [5.74, 6) is 0.365. The topological polar surface area (TPSA) is 54.5 Å². The van der Waals surface area contributed by atoms with E-state index in [1.54, 1.807) is 23.7 Å². The number of nitrogens with one attached hydrogen (secondary N) is 1. The fourth-order valence-corrected chi connectivity index (χ4v) is 4.43. The maximum atomic E-state index is 12.8. The molecular weight excluding hydrogens is 322 g/mol. The average molecular weight is 343 g/mol. The fraction of sp³-hybridized carbons (Fsp3) is 0.444. The summed E-state index contributed by atoms with van der Waals surface area (Å²) in [6, 6.07) is 5.86. The number of carbonyl (C=O) groups excluding carboxylic acids is 1. The van der Waals surface area contributed by atoms with Gasteiger partial charge in [-0.05, 0) is 40.9 Å². The zero-order valence-corrected chi connectivity index (χ0v) is 14.2. The molecule has 2 saturated heterocycles. The van der Waals surface area contributed by atoms with Crippen LogP contribution in [0.25, 0.3) is 0 Å². The summed E-state index contributed by atoms with van der Waals surface area (Å²) in [4.78, 5) is 19.3. The summed E-state index contributed by atoms with van der Waals surface area (Å²) in [7, 11) is 0. The van der Waals surface area contributed by atoms with Crippen molar-refractivity contribution in [2.75, 3.05) is 25.0 Å². The molecule has 2 aliphatic rings. The summed E-state index contributed by atoms with van der Waals surface area (Å²) in [6.45, 7) is 3.34.